The number of ether oxygens (including phenoxy) is 8. The van der Waals surface area contributed by atoms with Crippen LogP contribution in [0.15, 0.2) is 0 Å². The molecule has 0 saturated heterocycles. The highest BCUT2D eigenvalue weighted by Gasteiger charge is 1.93. The second kappa shape index (κ2) is 36.3. The molecule has 0 fully saturated rings. The minimum absolute atomic E-state index is 0.623. The van der Waals surface area contributed by atoms with E-state index < -0.39 is 0 Å². The molecule has 0 heterocycles. The molecule has 0 bridgehead atoms. The molecule has 0 aromatic rings. The van der Waals surface area contributed by atoms with E-state index in [4.69, 9.17) is 37.9 Å². The van der Waals surface area contributed by atoms with Crippen molar-refractivity contribution in [2.75, 3.05) is 106 Å². The molecule has 0 aliphatic carbocycles. The summed E-state index contributed by atoms with van der Waals surface area (Å²) in [7, 11) is 1.66. The van der Waals surface area contributed by atoms with Gasteiger partial charge in [-0.3, -0.25) is 0 Å². The predicted octanol–water partition coefficient (Wildman–Crippen LogP) is 4.14. The van der Waals surface area contributed by atoms with Gasteiger partial charge in [-0.25, -0.2) is 0 Å². The first-order valence-electron chi connectivity index (χ1n) is 12.9. The van der Waals surface area contributed by atoms with E-state index in [0.717, 1.165) is 39.1 Å². The monoisotopic (exact) mass is 482 g/mol. The molecule has 0 aliphatic rings. The van der Waals surface area contributed by atoms with Crippen molar-refractivity contribution in [3.05, 3.63) is 0 Å². The van der Waals surface area contributed by atoms with E-state index in [1.165, 1.54) is 19.3 Å². The molecule has 0 N–H and O–H groups in total. The summed E-state index contributed by atoms with van der Waals surface area (Å²) < 4.78 is 42.2. The number of unbranched alkanes of at least 4 members (excludes halogenated alkanes) is 3. The molecule has 0 saturated carbocycles. The fourth-order valence-corrected chi connectivity index (χ4v) is 2.19. The molecule has 0 aromatic heterocycles. The van der Waals surface area contributed by atoms with Crippen LogP contribution in [0.5, 0.6) is 0 Å². The highest BCUT2D eigenvalue weighted by Crippen LogP contribution is 1.90. The summed E-state index contributed by atoms with van der Waals surface area (Å²) in [5, 5.41) is 0. The Kier molecular flexibility index (Phi) is 38.3. The molecule has 33 heavy (non-hydrogen) atoms. The van der Waals surface area contributed by atoms with Crippen LogP contribution in [0, 0.1) is 0 Å². The maximum Gasteiger partial charge on any atom is 0.0701 e. The largest absolute Gasteiger partial charge is 0.382 e. The van der Waals surface area contributed by atoms with E-state index in [1.807, 2.05) is 0 Å². The summed E-state index contributed by atoms with van der Waals surface area (Å²) in [5.74, 6) is 0. The Bertz CT molecular complexity index is 280. The molecule has 0 aromatic carbocycles. The van der Waals surface area contributed by atoms with Crippen LogP contribution in [0.1, 0.15) is 59.3 Å². The molecule has 0 rings (SSSR count). The van der Waals surface area contributed by atoms with Gasteiger partial charge in [0, 0.05) is 26.9 Å². The molecule has 0 unspecified atom stereocenters. The zero-order valence-corrected chi connectivity index (χ0v) is 22.1. The van der Waals surface area contributed by atoms with E-state index in [1.54, 1.807) is 7.11 Å². The maximum absolute atomic E-state index is 5.37. The molecule has 0 radical (unpaired) electrons. The Morgan fingerprint density at radius 3 is 0.727 bits per heavy atom. The van der Waals surface area contributed by atoms with Crippen LogP contribution in [0.2, 0.25) is 0 Å². The maximum atomic E-state index is 5.37. The van der Waals surface area contributed by atoms with Gasteiger partial charge in [0.15, 0.2) is 0 Å². The lowest BCUT2D eigenvalue weighted by Gasteiger charge is -2.07. The average molecular weight is 483 g/mol. The Morgan fingerprint density at radius 1 is 0.303 bits per heavy atom. The minimum atomic E-state index is 0.623. The van der Waals surface area contributed by atoms with E-state index in [9.17, 15) is 0 Å². The van der Waals surface area contributed by atoms with E-state index in [0.29, 0.717) is 79.3 Å². The third-order valence-electron chi connectivity index (χ3n) is 4.22. The number of hydrogen-bond donors (Lipinski definition) is 0. The molecule has 202 valence electrons. The fraction of sp³-hybridized carbons (Fsp3) is 1.00. The van der Waals surface area contributed by atoms with Crippen molar-refractivity contribution in [3.63, 3.8) is 0 Å². The molecule has 0 spiro atoms. The van der Waals surface area contributed by atoms with Crippen molar-refractivity contribution in [3.8, 4) is 0 Å². The van der Waals surface area contributed by atoms with Crippen LogP contribution in [-0.2, 0) is 37.9 Å². The van der Waals surface area contributed by atoms with E-state index >= 15 is 0 Å². The molecule has 0 atom stereocenters. The summed E-state index contributed by atoms with van der Waals surface area (Å²) in [6.07, 6.45) is 6.90. The third-order valence-corrected chi connectivity index (χ3v) is 4.22. The van der Waals surface area contributed by atoms with Gasteiger partial charge in [0.05, 0.1) is 79.3 Å². The lowest BCUT2D eigenvalue weighted by atomic mass is 10.4. The second-order valence-corrected chi connectivity index (χ2v) is 7.34. The van der Waals surface area contributed by atoms with Crippen molar-refractivity contribution in [2.45, 2.75) is 59.3 Å². The zero-order valence-electron chi connectivity index (χ0n) is 22.1. The van der Waals surface area contributed by atoms with Crippen LogP contribution >= 0.6 is 0 Å². The summed E-state index contributed by atoms with van der Waals surface area (Å²) in [4.78, 5) is 0. The lowest BCUT2D eigenvalue weighted by Crippen LogP contribution is -2.12. The Morgan fingerprint density at radius 2 is 0.515 bits per heavy atom. The van der Waals surface area contributed by atoms with Gasteiger partial charge in [-0.15, -0.1) is 0 Å². The third kappa shape index (κ3) is 39.2. The van der Waals surface area contributed by atoms with E-state index in [-0.39, 0.29) is 0 Å². The van der Waals surface area contributed by atoms with Crippen LogP contribution in [-0.4, -0.2) is 106 Å². The normalized spacial score (nSPS) is 10.9. The van der Waals surface area contributed by atoms with Crippen molar-refractivity contribution in [2.24, 2.45) is 0 Å². The quantitative estimate of drug-likeness (QED) is 0.162. The van der Waals surface area contributed by atoms with Crippen LogP contribution < -0.4 is 0 Å². The van der Waals surface area contributed by atoms with Crippen molar-refractivity contribution in [1.82, 2.24) is 0 Å². The standard InChI is InChI=1S/C14H30O4.C11H24O4/c1-3-5-7-15-9-11-17-13-14-18-12-10-16-8-6-4-2;1-3-4-5-13-8-9-15-11-10-14-7-6-12-2/h3-14H2,1-2H3;3-11H2,1-2H3. The highest BCUT2D eigenvalue weighted by molar-refractivity contribution is 4.37. The Labute approximate surface area is 203 Å². The predicted molar refractivity (Wildman–Crippen MR) is 132 cm³/mol. The van der Waals surface area contributed by atoms with Crippen molar-refractivity contribution < 1.29 is 37.9 Å². The molecule has 0 aliphatic heterocycles. The molecule has 8 heteroatoms. The van der Waals surface area contributed by atoms with Gasteiger partial charge in [-0.05, 0) is 19.3 Å². The molecular formula is C25H54O8. The van der Waals surface area contributed by atoms with Gasteiger partial charge in [-0.2, -0.15) is 0 Å². The smallest absolute Gasteiger partial charge is 0.0701 e. The summed E-state index contributed by atoms with van der Waals surface area (Å²) in [6, 6.07) is 0. The Hall–Kier alpha value is -0.320. The van der Waals surface area contributed by atoms with Gasteiger partial charge in [0.2, 0.25) is 0 Å². The van der Waals surface area contributed by atoms with Crippen LogP contribution in [0.3, 0.4) is 0 Å². The second-order valence-electron chi connectivity index (χ2n) is 7.34. The topological polar surface area (TPSA) is 73.8 Å². The van der Waals surface area contributed by atoms with Crippen LogP contribution in [0.25, 0.3) is 0 Å². The van der Waals surface area contributed by atoms with E-state index in [2.05, 4.69) is 20.8 Å². The zero-order chi connectivity index (χ0) is 24.5. The highest BCUT2D eigenvalue weighted by atomic mass is 16.6. The number of hydrogen-bond acceptors (Lipinski definition) is 8. The van der Waals surface area contributed by atoms with Crippen molar-refractivity contribution in [1.29, 1.82) is 0 Å². The van der Waals surface area contributed by atoms with Gasteiger partial charge in [-0.1, -0.05) is 40.0 Å². The number of methoxy groups -OCH3 is 1. The van der Waals surface area contributed by atoms with Crippen LogP contribution in [0.4, 0.5) is 0 Å². The lowest BCUT2D eigenvalue weighted by molar-refractivity contribution is -0.00227. The first-order valence-corrected chi connectivity index (χ1v) is 12.9. The molecular weight excluding hydrogens is 428 g/mol. The average Bonchev–Trinajstić information content (AvgIpc) is 2.83. The van der Waals surface area contributed by atoms with Gasteiger partial charge >= 0.3 is 0 Å². The fourth-order valence-electron chi connectivity index (χ4n) is 2.19. The minimum Gasteiger partial charge on any atom is -0.382 e. The first kappa shape index (κ1) is 34.8. The summed E-state index contributed by atoms with van der Waals surface area (Å²) in [6.45, 7) is 16.8. The first-order chi connectivity index (χ1) is 16.3. The summed E-state index contributed by atoms with van der Waals surface area (Å²) in [5.41, 5.74) is 0. The molecule has 0 amide bonds. The SMILES string of the molecule is CCCCOCCOCCOCCOC.CCCCOCCOCCOCCOCCCC. The number of rotatable bonds is 27. The summed E-state index contributed by atoms with van der Waals surface area (Å²) >= 11 is 0. The Balaban J connectivity index is 0. The van der Waals surface area contributed by atoms with Gasteiger partial charge < -0.3 is 37.9 Å². The molecule has 8 nitrogen and oxygen atoms in total. The van der Waals surface area contributed by atoms with Gasteiger partial charge in [0.1, 0.15) is 0 Å². The van der Waals surface area contributed by atoms with Gasteiger partial charge in [0.25, 0.3) is 0 Å². The van der Waals surface area contributed by atoms with Crippen molar-refractivity contribution >= 4 is 0 Å².